The fourth-order valence-electron chi connectivity index (χ4n) is 3.92. The Hall–Kier alpha value is -2.64. The van der Waals surface area contributed by atoms with Crippen molar-refractivity contribution in [2.75, 3.05) is 18.4 Å². The summed E-state index contributed by atoms with van der Waals surface area (Å²) in [6, 6.07) is 9.51. The first-order valence-electron chi connectivity index (χ1n) is 9.68. The van der Waals surface area contributed by atoms with E-state index in [1.54, 1.807) is 22.4 Å². The SMILES string of the molecule is Cc1ccn(CC2CCCNC2)c(=O)c1C(=O)Nc1nn(C)c2ccccc12.Cl. The van der Waals surface area contributed by atoms with Gasteiger partial charge in [0.1, 0.15) is 5.56 Å². The summed E-state index contributed by atoms with van der Waals surface area (Å²) in [6.07, 6.45) is 4.00. The summed E-state index contributed by atoms with van der Waals surface area (Å²) < 4.78 is 3.38. The summed E-state index contributed by atoms with van der Waals surface area (Å²) in [5.74, 6) is 0.459. The third-order valence-electron chi connectivity index (χ3n) is 5.44. The Morgan fingerprint density at radius 2 is 2.10 bits per heavy atom. The Balaban J connectivity index is 0.00000240. The molecule has 4 rings (SSSR count). The number of rotatable bonds is 4. The van der Waals surface area contributed by atoms with Crippen LogP contribution in [-0.2, 0) is 13.6 Å². The van der Waals surface area contributed by atoms with Crippen LogP contribution in [0.5, 0.6) is 0 Å². The molecular formula is C21H26ClN5O2. The smallest absolute Gasteiger partial charge is 0.263 e. The number of pyridine rings is 1. The molecule has 7 nitrogen and oxygen atoms in total. The van der Waals surface area contributed by atoms with Crippen LogP contribution < -0.4 is 16.2 Å². The van der Waals surface area contributed by atoms with E-state index in [4.69, 9.17) is 0 Å². The number of nitrogens with one attached hydrogen (secondary N) is 2. The first-order chi connectivity index (χ1) is 13.5. The molecule has 2 aromatic heterocycles. The second kappa shape index (κ2) is 8.80. The lowest BCUT2D eigenvalue weighted by molar-refractivity contribution is 0.102. The molecule has 0 radical (unpaired) electrons. The molecule has 3 heterocycles. The van der Waals surface area contributed by atoms with E-state index in [1.165, 1.54) is 0 Å². The maximum absolute atomic E-state index is 13.0. The molecule has 1 aromatic carbocycles. The van der Waals surface area contributed by atoms with Crippen molar-refractivity contribution in [2.45, 2.75) is 26.3 Å². The van der Waals surface area contributed by atoms with E-state index in [2.05, 4.69) is 15.7 Å². The number of aromatic nitrogens is 3. The number of hydrogen-bond acceptors (Lipinski definition) is 4. The van der Waals surface area contributed by atoms with Gasteiger partial charge in [-0.1, -0.05) is 12.1 Å². The van der Waals surface area contributed by atoms with Crippen molar-refractivity contribution >= 4 is 35.0 Å². The largest absolute Gasteiger partial charge is 0.316 e. The zero-order valence-electron chi connectivity index (χ0n) is 16.6. The van der Waals surface area contributed by atoms with Crippen LogP contribution in [-0.4, -0.2) is 33.3 Å². The molecule has 1 aliphatic heterocycles. The van der Waals surface area contributed by atoms with Crippen LogP contribution in [0.25, 0.3) is 10.9 Å². The molecule has 1 amide bonds. The van der Waals surface area contributed by atoms with E-state index < -0.39 is 5.91 Å². The van der Waals surface area contributed by atoms with Gasteiger partial charge in [0, 0.05) is 25.2 Å². The minimum absolute atomic E-state index is 0. The Morgan fingerprint density at radius 3 is 2.86 bits per heavy atom. The van der Waals surface area contributed by atoms with Crippen LogP contribution in [0.2, 0.25) is 0 Å². The number of aryl methyl sites for hydroxylation is 2. The molecule has 1 unspecified atom stereocenters. The third-order valence-corrected chi connectivity index (χ3v) is 5.44. The van der Waals surface area contributed by atoms with Gasteiger partial charge in [-0.2, -0.15) is 5.10 Å². The van der Waals surface area contributed by atoms with Gasteiger partial charge in [-0.25, -0.2) is 0 Å². The fourth-order valence-corrected chi connectivity index (χ4v) is 3.92. The molecule has 29 heavy (non-hydrogen) atoms. The number of anilines is 1. The van der Waals surface area contributed by atoms with Crippen molar-refractivity contribution in [3.05, 3.63) is 58.0 Å². The zero-order chi connectivity index (χ0) is 19.7. The van der Waals surface area contributed by atoms with E-state index in [-0.39, 0.29) is 23.5 Å². The Morgan fingerprint density at radius 1 is 1.31 bits per heavy atom. The molecule has 1 fully saturated rings. The average Bonchev–Trinajstić information content (AvgIpc) is 3.01. The number of amides is 1. The molecule has 154 valence electrons. The molecule has 0 aliphatic carbocycles. The standard InChI is InChI=1S/C21H25N5O2.ClH/c1-14-9-11-26(13-15-6-5-10-22-12-15)21(28)18(14)20(27)23-19-16-7-3-4-8-17(16)25(2)24-19;/h3-4,7-9,11,15,22H,5-6,10,12-13H2,1-2H3,(H,23,24,27);1H. The van der Waals surface area contributed by atoms with Crippen molar-refractivity contribution in [1.82, 2.24) is 19.7 Å². The van der Waals surface area contributed by atoms with Crippen LogP contribution >= 0.6 is 12.4 Å². The molecule has 0 saturated carbocycles. The summed E-state index contributed by atoms with van der Waals surface area (Å²) in [7, 11) is 1.83. The van der Waals surface area contributed by atoms with Gasteiger partial charge in [0.15, 0.2) is 5.82 Å². The van der Waals surface area contributed by atoms with Crippen molar-refractivity contribution in [3.8, 4) is 0 Å². The summed E-state index contributed by atoms with van der Waals surface area (Å²) >= 11 is 0. The summed E-state index contributed by atoms with van der Waals surface area (Å²) in [5.41, 5.74) is 1.52. The average molecular weight is 416 g/mol. The highest BCUT2D eigenvalue weighted by Crippen LogP contribution is 2.22. The van der Waals surface area contributed by atoms with Gasteiger partial charge in [0.05, 0.1) is 5.52 Å². The van der Waals surface area contributed by atoms with Gasteiger partial charge in [-0.15, -0.1) is 12.4 Å². The monoisotopic (exact) mass is 415 g/mol. The lowest BCUT2D eigenvalue weighted by Gasteiger charge is -2.23. The number of fused-ring (bicyclic) bond motifs is 1. The van der Waals surface area contributed by atoms with Crippen molar-refractivity contribution in [1.29, 1.82) is 0 Å². The van der Waals surface area contributed by atoms with Gasteiger partial charge in [0.2, 0.25) is 0 Å². The van der Waals surface area contributed by atoms with Crippen molar-refractivity contribution in [2.24, 2.45) is 13.0 Å². The lowest BCUT2D eigenvalue weighted by Crippen LogP contribution is -2.36. The van der Waals surface area contributed by atoms with E-state index in [0.29, 0.717) is 23.8 Å². The van der Waals surface area contributed by atoms with E-state index >= 15 is 0 Å². The number of hydrogen-bond donors (Lipinski definition) is 2. The van der Waals surface area contributed by atoms with E-state index in [9.17, 15) is 9.59 Å². The second-order valence-electron chi connectivity index (χ2n) is 7.49. The van der Waals surface area contributed by atoms with Crippen LogP contribution in [0.4, 0.5) is 5.82 Å². The van der Waals surface area contributed by atoms with Gasteiger partial charge in [0.25, 0.3) is 11.5 Å². The number of carbonyl (C=O) groups is 1. The number of benzene rings is 1. The van der Waals surface area contributed by atoms with Gasteiger partial charge in [-0.3, -0.25) is 14.3 Å². The molecule has 3 aromatic rings. The summed E-state index contributed by atoms with van der Waals surface area (Å²) in [5, 5.41) is 11.5. The van der Waals surface area contributed by atoms with Crippen molar-refractivity contribution in [3.63, 3.8) is 0 Å². The van der Waals surface area contributed by atoms with E-state index in [1.807, 2.05) is 37.4 Å². The molecule has 1 saturated heterocycles. The Bertz CT molecular complexity index is 1080. The molecule has 1 atom stereocenters. The summed E-state index contributed by atoms with van der Waals surface area (Å²) in [6.45, 7) is 4.35. The predicted molar refractivity (Wildman–Crippen MR) is 117 cm³/mol. The molecule has 2 N–H and O–H groups in total. The maximum atomic E-state index is 13.0. The second-order valence-corrected chi connectivity index (χ2v) is 7.49. The number of nitrogens with zero attached hydrogens (tertiary/aromatic N) is 3. The molecular weight excluding hydrogens is 390 g/mol. The first kappa shape index (κ1) is 21.1. The number of para-hydroxylation sites is 1. The van der Waals surface area contributed by atoms with Crippen molar-refractivity contribution < 1.29 is 4.79 Å². The molecule has 0 bridgehead atoms. The van der Waals surface area contributed by atoms with E-state index in [0.717, 1.165) is 36.8 Å². The Kier molecular flexibility index (Phi) is 6.39. The number of carbonyl (C=O) groups excluding carboxylic acids is 1. The van der Waals surface area contributed by atoms with Crippen LogP contribution in [0.15, 0.2) is 41.3 Å². The normalized spacial score (nSPS) is 16.4. The number of halogens is 1. The minimum atomic E-state index is -0.414. The lowest BCUT2D eigenvalue weighted by atomic mass is 9.99. The van der Waals surface area contributed by atoms with Gasteiger partial charge < -0.3 is 15.2 Å². The fraction of sp³-hybridized carbons (Fsp3) is 0.381. The van der Waals surface area contributed by atoms with Crippen LogP contribution in [0, 0.1) is 12.8 Å². The highest BCUT2D eigenvalue weighted by Gasteiger charge is 2.20. The molecule has 1 aliphatic rings. The maximum Gasteiger partial charge on any atom is 0.263 e. The molecule has 0 spiro atoms. The highest BCUT2D eigenvalue weighted by molar-refractivity contribution is 6.08. The topological polar surface area (TPSA) is 81.0 Å². The summed E-state index contributed by atoms with van der Waals surface area (Å²) in [4.78, 5) is 26.0. The highest BCUT2D eigenvalue weighted by atomic mass is 35.5. The van der Waals surface area contributed by atoms with Crippen LogP contribution in [0.3, 0.4) is 0 Å². The van der Waals surface area contributed by atoms with Gasteiger partial charge >= 0.3 is 0 Å². The predicted octanol–water partition coefficient (Wildman–Crippen LogP) is 2.72. The molecule has 8 heteroatoms. The number of piperidine rings is 1. The minimum Gasteiger partial charge on any atom is -0.316 e. The Labute approximate surface area is 175 Å². The third kappa shape index (κ3) is 4.21. The van der Waals surface area contributed by atoms with Crippen LogP contribution in [0.1, 0.15) is 28.8 Å². The zero-order valence-corrected chi connectivity index (χ0v) is 17.5. The van der Waals surface area contributed by atoms with Gasteiger partial charge in [-0.05, 0) is 62.5 Å². The first-order valence-corrected chi connectivity index (χ1v) is 9.68. The quantitative estimate of drug-likeness (QED) is 0.686.